The fourth-order valence-electron chi connectivity index (χ4n) is 6.33. The summed E-state index contributed by atoms with van der Waals surface area (Å²) in [5.41, 5.74) is 1.48. The summed E-state index contributed by atoms with van der Waals surface area (Å²) >= 11 is 0. The summed E-state index contributed by atoms with van der Waals surface area (Å²) in [5, 5.41) is 20.1. The van der Waals surface area contributed by atoms with Crippen LogP contribution in [0, 0.1) is 22.7 Å². The van der Waals surface area contributed by atoms with Crippen molar-refractivity contribution in [2.75, 3.05) is 0 Å². The van der Waals surface area contributed by atoms with Crippen molar-refractivity contribution in [2.45, 2.75) is 72.1 Å². The molecule has 4 unspecified atom stereocenters. The Hall–Kier alpha value is -1.84. The van der Waals surface area contributed by atoms with Gasteiger partial charge in [-0.1, -0.05) is 45.8 Å². The van der Waals surface area contributed by atoms with Crippen LogP contribution in [0.3, 0.4) is 0 Å². The average Bonchev–Trinajstić information content (AvgIpc) is 2.65. The lowest BCUT2D eigenvalue weighted by atomic mass is 9.44. The van der Waals surface area contributed by atoms with Gasteiger partial charge < -0.3 is 10.2 Å². The van der Waals surface area contributed by atoms with E-state index in [4.69, 9.17) is 0 Å². The lowest BCUT2D eigenvalue weighted by molar-refractivity contribution is -0.120. The molecule has 148 valence electrons. The lowest BCUT2D eigenvalue weighted by Crippen LogP contribution is -2.52. The summed E-state index contributed by atoms with van der Waals surface area (Å²) in [4.78, 5) is 24.4. The zero-order chi connectivity index (χ0) is 20.0. The first-order valence-electron chi connectivity index (χ1n) is 10.3. The summed E-state index contributed by atoms with van der Waals surface area (Å²) < 4.78 is 0. The smallest absolute Gasteiger partial charge is 0.227 e. The van der Waals surface area contributed by atoms with Crippen LogP contribution in [0.2, 0.25) is 0 Å². The SMILES string of the molecule is C=C1CCC2C(C)(CC)CCCC2(CC)C1CC1=C(O)C(=O)C=C(O)C1=O. The first-order chi connectivity index (χ1) is 12.7. The van der Waals surface area contributed by atoms with Crippen LogP contribution in [0.5, 0.6) is 0 Å². The van der Waals surface area contributed by atoms with Crippen LogP contribution in [0.25, 0.3) is 0 Å². The zero-order valence-corrected chi connectivity index (χ0v) is 16.8. The first kappa shape index (κ1) is 19.9. The molecule has 0 radical (unpaired) electrons. The third-order valence-corrected chi connectivity index (χ3v) is 8.03. The second-order valence-electron chi connectivity index (χ2n) is 9.00. The Morgan fingerprint density at radius 3 is 2.52 bits per heavy atom. The molecule has 0 saturated heterocycles. The molecule has 2 fully saturated rings. The van der Waals surface area contributed by atoms with Crippen molar-refractivity contribution in [2.24, 2.45) is 22.7 Å². The van der Waals surface area contributed by atoms with E-state index in [0.29, 0.717) is 5.92 Å². The standard InChI is InChI=1S/C23H32O4/c1-5-22(4)10-7-11-23(6-2)16(14(3)8-9-19(22)23)12-15-20(26)17(24)13-18(25)21(15)27/h13,16,19,24,27H,3,5-12H2,1-2,4H3. The van der Waals surface area contributed by atoms with Gasteiger partial charge in [0, 0.05) is 11.6 Å². The highest BCUT2D eigenvalue weighted by Crippen LogP contribution is 2.64. The van der Waals surface area contributed by atoms with E-state index in [1.165, 1.54) is 6.42 Å². The van der Waals surface area contributed by atoms with E-state index < -0.39 is 23.1 Å². The average molecular weight is 373 g/mol. The molecule has 27 heavy (non-hydrogen) atoms. The summed E-state index contributed by atoms with van der Waals surface area (Å²) in [7, 11) is 0. The van der Waals surface area contributed by atoms with Gasteiger partial charge in [-0.15, -0.1) is 0 Å². The van der Waals surface area contributed by atoms with Crippen LogP contribution in [-0.4, -0.2) is 21.8 Å². The van der Waals surface area contributed by atoms with Crippen LogP contribution in [-0.2, 0) is 9.59 Å². The number of fused-ring (bicyclic) bond motifs is 1. The highest BCUT2D eigenvalue weighted by Gasteiger charge is 2.55. The molecule has 3 aliphatic rings. The second-order valence-corrected chi connectivity index (χ2v) is 9.00. The third kappa shape index (κ3) is 2.97. The van der Waals surface area contributed by atoms with Gasteiger partial charge in [0.2, 0.25) is 11.6 Å². The minimum atomic E-state index is -0.687. The number of carbonyl (C=O) groups is 2. The van der Waals surface area contributed by atoms with E-state index in [-0.39, 0.29) is 28.7 Å². The van der Waals surface area contributed by atoms with Crippen molar-refractivity contribution in [1.82, 2.24) is 0 Å². The minimum absolute atomic E-state index is 0.0335. The first-order valence-corrected chi connectivity index (χ1v) is 10.3. The summed E-state index contributed by atoms with van der Waals surface area (Å²) in [6, 6.07) is 0. The molecule has 0 aromatic carbocycles. The number of ketones is 2. The molecule has 4 atom stereocenters. The molecule has 0 spiro atoms. The summed E-state index contributed by atoms with van der Waals surface area (Å²) in [6.07, 6.45) is 8.74. The summed E-state index contributed by atoms with van der Waals surface area (Å²) in [6.45, 7) is 11.2. The molecule has 2 saturated carbocycles. The second kappa shape index (κ2) is 6.96. The summed E-state index contributed by atoms with van der Waals surface area (Å²) in [5.74, 6) is -1.79. The monoisotopic (exact) mass is 372 g/mol. The molecular formula is C23H32O4. The number of allylic oxidation sites excluding steroid dienone is 3. The molecule has 0 aromatic heterocycles. The molecule has 0 amide bonds. The van der Waals surface area contributed by atoms with Gasteiger partial charge in [0.25, 0.3) is 0 Å². The normalized spacial score (nSPS) is 37.3. The molecule has 4 nitrogen and oxygen atoms in total. The maximum atomic E-state index is 12.5. The number of hydrogen-bond donors (Lipinski definition) is 2. The van der Waals surface area contributed by atoms with E-state index in [1.54, 1.807) is 0 Å². The van der Waals surface area contributed by atoms with Gasteiger partial charge in [-0.25, -0.2) is 0 Å². The topological polar surface area (TPSA) is 74.6 Å². The van der Waals surface area contributed by atoms with E-state index in [9.17, 15) is 19.8 Å². The number of aliphatic hydroxyl groups excluding tert-OH is 2. The zero-order valence-electron chi connectivity index (χ0n) is 16.8. The number of hydrogen-bond acceptors (Lipinski definition) is 4. The van der Waals surface area contributed by atoms with E-state index >= 15 is 0 Å². The van der Waals surface area contributed by atoms with Crippen molar-refractivity contribution in [1.29, 1.82) is 0 Å². The van der Waals surface area contributed by atoms with Crippen LogP contribution in [0.4, 0.5) is 0 Å². The maximum Gasteiger partial charge on any atom is 0.227 e. The van der Waals surface area contributed by atoms with Crippen molar-refractivity contribution in [3.8, 4) is 0 Å². The van der Waals surface area contributed by atoms with Gasteiger partial charge >= 0.3 is 0 Å². The molecule has 0 bridgehead atoms. The van der Waals surface area contributed by atoms with E-state index in [0.717, 1.165) is 50.2 Å². The maximum absolute atomic E-state index is 12.5. The van der Waals surface area contributed by atoms with Gasteiger partial charge in [-0.3, -0.25) is 9.59 Å². The molecule has 0 heterocycles. The van der Waals surface area contributed by atoms with E-state index in [1.807, 2.05) is 0 Å². The van der Waals surface area contributed by atoms with Gasteiger partial charge in [-0.05, 0) is 61.2 Å². The molecular weight excluding hydrogens is 340 g/mol. The van der Waals surface area contributed by atoms with Crippen LogP contribution in [0.15, 0.2) is 35.3 Å². The highest BCUT2D eigenvalue weighted by molar-refractivity contribution is 6.20. The largest absolute Gasteiger partial charge is 0.504 e. The Kier molecular flexibility index (Phi) is 5.13. The Balaban J connectivity index is 2.03. The molecule has 3 aliphatic carbocycles. The number of carbonyl (C=O) groups excluding carboxylic acids is 2. The Bertz CT molecular complexity index is 743. The highest BCUT2D eigenvalue weighted by atomic mass is 16.3. The third-order valence-electron chi connectivity index (χ3n) is 8.03. The Morgan fingerprint density at radius 2 is 1.89 bits per heavy atom. The lowest BCUT2D eigenvalue weighted by Gasteiger charge is -2.60. The Morgan fingerprint density at radius 1 is 1.19 bits per heavy atom. The van der Waals surface area contributed by atoms with Crippen LogP contribution < -0.4 is 0 Å². The van der Waals surface area contributed by atoms with Gasteiger partial charge in [-0.2, -0.15) is 0 Å². The number of rotatable bonds is 4. The molecule has 2 N–H and O–H groups in total. The van der Waals surface area contributed by atoms with Gasteiger partial charge in [0.1, 0.15) is 0 Å². The molecule has 3 rings (SSSR count). The van der Waals surface area contributed by atoms with Crippen LogP contribution in [0.1, 0.15) is 72.1 Å². The fraction of sp³-hybridized carbons (Fsp3) is 0.652. The van der Waals surface area contributed by atoms with Crippen molar-refractivity contribution in [3.05, 3.63) is 35.3 Å². The predicted octanol–water partition coefficient (Wildman–Crippen LogP) is 5.36. The molecule has 0 aromatic rings. The van der Waals surface area contributed by atoms with E-state index in [2.05, 4.69) is 27.4 Å². The van der Waals surface area contributed by atoms with Gasteiger partial charge in [0.05, 0.1) is 0 Å². The minimum Gasteiger partial charge on any atom is -0.504 e. The van der Waals surface area contributed by atoms with Crippen molar-refractivity contribution < 1.29 is 19.8 Å². The fourth-order valence-corrected chi connectivity index (χ4v) is 6.33. The Labute approximate surface area is 162 Å². The number of Topliss-reactive ketones (excluding diaryl/α,β-unsaturated/α-hetero) is 1. The predicted molar refractivity (Wildman–Crippen MR) is 105 cm³/mol. The molecule has 4 heteroatoms. The van der Waals surface area contributed by atoms with Gasteiger partial charge in [0.15, 0.2) is 11.5 Å². The number of aliphatic hydroxyl groups is 2. The quantitative estimate of drug-likeness (QED) is 0.514. The van der Waals surface area contributed by atoms with Crippen molar-refractivity contribution >= 4 is 11.6 Å². The molecule has 0 aliphatic heterocycles. The van der Waals surface area contributed by atoms with Crippen molar-refractivity contribution in [3.63, 3.8) is 0 Å². The van der Waals surface area contributed by atoms with Crippen LogP contribution >= 0.6 is 0 Å².